The number of carbonyl (C=O) groups excluding carboxylic acids is 3. The topological polar surface area (TPSA) is 125 Å². The Hall–Kier alpha value is -2.90. The molecule has 172 valence electrons. The number of hydrogen-bond acceptors (Lipinski definition) is 4. The molecule has 3 amide bonds. The summed E-state index contributed by atoms with van der Waals surface area (Å²) in [6.07, 6.45) is 11.5. The molecule has 0 spiro atoms. The van der Waals surface area contributed by atoms with Gasteiger partial charge in [-0.05, 0) is 18.6 Å². The van der Waals surface area contributed by atoms with Crippen LogP contribution in [0.25, 0.3) is 0 Å². The van der Waals surface area contributed by atoms with E-state index in [0.717, 1.165) is 19.3 Å². The number of anilines is 1. The molecule has 8 nitrogen and oxygen atoms in total. The maximum atomic E-state index is 11.9. The molecule has 1 aromatic rings. The molecule has 0 aliphatic rings. The lowest BCUT2D eigenvalue weighted by atomic mass is 10.1. The highest BCUT2D eigenvalue weighted by molar-refractivity contribution is 6.06. The number of para-hydroxylation sites is 1. The summed E-state index contributed by atoms with van der Waals surface area (Å²) in [5.74, 6) is -2.83. The van der Waals surface area contributed by atoms with Gasteiger partial charge in [0.05, 0.1) is 11.3 Å². The predicted molar refractivity (Wildman–Crippen MR) is 119 cm³/mol. The molecule has 8 heteroatoms. The van der Waals surface area contributed by atoms with Gasteiger partial charge in [0.2, 0.25) is 17.7 Å². The predicted octanol–water partition coefficient (Wildman–Crippen LogP) is 4.17. The summed E-state index contributed by atoms with van der Waals surface area (Å²) in [6.45, 7) is 2.21. The van der Waals surface area contributed by atoms with E-state index in [2.05, 4.69) is 23.1 Å². The second kappa shape index (κ2) is 15.9. The van der Waals surface area contributed by atoms with Gasteiger partial charge in [0, 0.05) is 6.42 Å². The van der Waals surface area contributed by atoms with Crippen molar-refractivity contribution in [1.82, 2.24) is 10.9 Å². The summed E-state index contributed by atoms with van der Waals surface area (Å²) >= 11 is 0. The Bertz CT molecular complexity index is 721. The molecule has 1 rings (SSSR count). The summed E-state index contributed by atoms with van der Waals surface area (Å²) in [6, 6.07) is 5.91. The van der Waals surface area contributed by atoms with Crippen molar-refractivity contribution in [1.29, 1.82) is 0 Å². The van der Waals surface area contributed by atoms with Crippen LogP contribution in [0.15, 0.2) is 24.3 Å². The minimum Gasteiger partial charge on any atom is -0.478 e. The van der Waals surface area contributed by atoms with Crippen LogP contribution in [-0.4, -0.2) is 28.8 Å². The molecule has 0 aliphatic heterocycles. The number of nitrogens with one attached hydrogen (secondary N) is 3. The molecule has 0 radical (unpaired) electrons. The maximum Gasteiger partial charge on any atom is 0.337 e. The molecule has 0 heterocycles. The quantitative estimate of drug-likeness (QED) is 0.188. The van der Waals surface area contributed by atoms with Gasteiger partial charge in [-0.2, -0.15) is 0 Å². The standard InChI is InChI=1S/C23H35N3O5/c1-2-3-4-5-6-7-8-9-10-11-16-20(27)25-26-22(29)17-21(28)24-19-15-13-12-14-18(19)23(30)31/h12-15H,2-11,16-17H2,1H3,(H,24,28)(H,25,27)(H,26,29)(H,30,31). The van der Waals surface area contributed by atoms with Crippen LogP contribution in [-0.2, 0) is 14.4 Å². The van der Waals surface area contributed by atoms with E-state index in [0.29, 0.717) is 6.42 Å². The van der Waals surface area contributed by atoms with Crippen molar-refractivity contribution in [2.24, 2.45) is 0 Å². The van der Waals surface area contributed by atoms with Crippen molar-refractivity contribution in [2.75, 3.05) is 5.32 Å². The van der Waals surface area contributed by atoms with E-state index >= 15 is 0 Å². The molecule has 0 saturated carbocycles. The highest BCUT2D eigenvalue weighted by Gasteiger charge is 2.14. The van der Waals surface area contributed by atoms with Crippen molar-refractivity contribution in [3.63, 3.8) is 0 Å². The first-order valence-corrected chi connectivity index (χ1v) is 11.1. The van der Waals surface area contributed by atoms with Crippen LogP contribution in [0.1, 0.15) is 94.3 Å². The number of unbranched alkanes of at least 4 members (excludes halogenated alkanes) is 9. The summed E-state index contributed by atoms with van der Waals surface area (Å²) in [4.78, 5) is 46.7. The van der Waals surface area contributed by atoms with E-state index in [9.17, 15) is 19.2 Å². The first-order chi connectivity index (χ1) is 14.9. The number of carboxylic acids is 1. The Morgan fingerprint density at radius 1 is 0.742 bits per heavy atom. The van der Waals surface area contributed by atoms with Crippen LogP contribution in [0.5, 0.6) is 0 Å². The van der Waals surface area contributed by atoms with E-state index in [1.165, 1.54) is 63.1 Å². The molecular formula is C23H35N3O5. The molecule has 0 bridgehead atoms. The van der Waals surface area contributed by atoms with Crippen molar-refractivity contribution >= 4 is 29.4 Å². The summed E-state index contributed by atoms with van der Waals surface area (Å²) in [5, 5.41) is 11.5. The number of amides is 3. The number of benzene rings is 1. The summed E-state index contributed by atoms with van der Waals surface area (Å²) in [7, 11) is 0. The summed E-state index contributed by atoms with van der Waals surface area (Å²) in [5.41, 5.74) is 4.55. The Balaban J connectivity index is 2.12. The molecule has 0 saturated heterocycles. The van der Waals surface area contributed by atoms with Gasteiger partial charge in [-0.25, -0.2) is 4.79 Å². The monoisotopic (exact) mass is 433 g/mol. The van der Waals surface area contributed by atoms with E-state index in [1.54, 1.807) is 6.07 Å². The third-order valence-electron chi connectivity index (χ3n) is 4.85. The largest absolute Gasteiger partial charge is 0.478 e. The van der Waals surface area contributed by atoms with Gasteiger partial charge in [-0.1, -0.05) is 76.8 Å². The smallest absolute Gasteiger partial charge is 0.337 e. The second-order valence-electron chi connectivity index (χ2n) is 7.60. The van der Waals surface area contributed by atoms with Crippen LogP contribution >= 0.6 is 0 Å². The lowest BCUT2D eigenvalue weighted by Crippen LogP contribution is -2.42. The number of carboxylic acid groups (broad SMARTS) is 1. The number of hydrogen-bond donors (Lipinski definition) is 4. The van der Waals surface area contributed by atoms with Gasteiger partial charge in [-0.3, -0.25) is 25.2 Å². The fourth-order valence-corrected chi connectivity index (χ4v) is 3.14. The normalized spacial score (nSPS) is 10.4. The molecular weight excluding hydrogens is 398 g/mol. The van der Waals surface area contributed by atoms with Crippen molar-refractivity contribution in [3.05, 3.63) is 29.8 Å². The average Bonchev–Trinajstić information content (AvgIpc) is 2.73. The molecule has 0 atom stereocenters. The highest BCUT2D eigenvalue weighted by atomic mass is 16.4. The molecule has 0 aliphatic carbocycles. The van der Waals surface area contributed by atoms with E-state index in [4.69, 9.17) is 5.11 Å². The fourth-order valence-electron chi connectivity index (χ4n) is 3.14. The van der Waals surface area contributed by atoms with E-state index in [1.807, 2.05) is 0 Å². The minimum absolute atomic E-state index is 0.0685. The van der Waals surface area contributed by atoms with Gasteiger partial charge in [0.25, 0.3) is 0 Å². The highest BCUT2D eigenvalue weighted by Crippen LogP contribution is 2.15. The number of hydrazine groups is 1. The molecule has 0 unspecified atom stereocenters. The SMILES string of the molecule is CCCCCCCCCCCCC(=O)NNC(=O)CC(=O)Nc1ccccc1C(=O)O. The van der Waals surface area contributed by atoms with Crippen molar-refractivity contribution < 1.29 is 24.3 Å². The average molecular weight is 434 g/mol. The molecule has 0 aromatic heterocycles. The van der Waals surface area contributed by atoms with Crippen LogP contribution in [0, 0.1) is 0 Å². The Morgan fingerprint density at radius 3 is 1.90 bits per heavy atom. The molecule has 31 heavy (non-hydrogen) atoms. The Labute approximate surface area is 184 Å². The minimum atomic E-state index is -1.18. The van der Waals surface area contributed by atoms with Crippen molar-refractivity contribution in [2.45, 2.75) is 84.0 Å². The lowest BCUT2D eigenvalue weighted by molar-refractivity contribution is -0.131. The Kier molecular flexibility index (Phi) is 13.4. The maximum absolute atomic E-state index is 11.9. The number of carbonyl (C=O) groups is 4. The van der Waals surface area contributed by atoms with Crippen LogP contribution in [0.3, 0.4) is 0 Å². The first-order valence-electron chi connectivity index (χ1n) is 11.1. The van der Waals surface area contributed by atoms with E-state index in [-0.39, 0.29) is 17.2 Å². The van der Waals surface area contributed by atoms with Gasteiger partial charge in [0.1, 0.15) is 6.42 Å². The van der Waals surface area contributed by atoms with Gasteiger partial charge in [0.15, 0.2) is 0 Å². The third kappa shape index (κ3) is 12.4. The van der Waals surface area contributed by atoms with Crippen molar-refractivity contribution in [3.8, 4) is 0 Å². The van der Waals surface area contributed by atoms with Crippen LogP contribution in [0.2, 0.25) is 0 Å². The zero-order valence-electron chi connectivity index (χ0n) is 18.4. The van der Waals surface area contributed by atoms with Gasteiger partial charge in [-0.15, -0.1) is 0 Å². The van der Waals surface area contributed by atoms with Gasteiger partial charge >= 0.3 is 5.97 Å². The Morgan fingerprint density at radius 2 is 1.29 bits per heavy atom. The third-order valence-corrected chi connectivity index (χ3v) is 4.85. The van der Waals surface area contributed by atoms with Gasteiger partial charge < -0.3 is 10.4 Å². The number of rotatable bonds is 15. The fraction of sp³-hybridized carbons (Fsp3) is 0.565. The van der Waals surface area contributed by atoms with E-state index < -0.39 is 24.2 Å². The number of aromatic carboxylic acids is 1. The summed E-state index contributed by atoms with van der Waals surface area (Å²) < 4.78 is 0. The molecule has 1 aromatic carbocycles. The molecule has 0 fully saturated rings. The van der Waals surface area contributed by atoms with Crippen LogP contribution in [0.4, 0.5) is 5.69 Å². The van der Waals surface area contributed by atoms with Crippen LogP contribution < -0.4 is 16.2 Å². The zero-order chi connectivity index (χ0) is 22.9. The lowest BCUT2D eigenvalue weighted by Gasteiger charge is -2.09. The zero-order valence-corrected chi connectivity index (χ0v) is 18.4. The molecule has 4 N–H and O–H groups in total. The first kappa shape index (κ1) is 26.1. The second-order valence-corrected chi connectivity index (χ2v) is 7.60.